The van der Waals surface area contributed by atoms with Crippen LogP contribution in [0.15, 0.2) is 58.7 Å². The van der Waals surface area contributed by atoms with Gasteiger partial charge < -0.3 is 0 Å². The minimum Gasteiger partial charge on any atom is -0.261 e. The standard InChI is InChI=1S/C25H26N6/c1-15-6-8-22-20(10-15)17(3)12-24(27-22)30-26-14-19(5)29-31-25-13-18(4)21-11-16(2)7-9-23(21)28-25/h6-14H,1-5H3,(H,27,30)(H,28,31)/b26-14+,29-19+. The summed E-state index contributed by atoms with van der Waals surface area (Å²) >= 11 is 0. The molecule has 0 aliphatic carbocycles. The Labute approximate surface area is 182 Å². The van der Waals surface area contributed by atoms with Crippen molar-refractivity contribution in [2.75, 3.05) is 10.9 Å². The summed E-state index contributed by atoms with van der Waals surface area (Å²) in [6, 6.07) is 16.5. The highest BCUT2D eigenvalue weighted by atomic mass is 15.3. The zero-order valence-electron chi connectivity index (χ0n) is 18.5. The van der Waals surface area contributed by atoms with Crippen molar-refractivity contribution < 1.29 is 0 Å². The fourth-order valence-electron chi connectivity index (χ4n) is 3.50. The molecule has 0 radical (unpaired) electrons. The van der Waals surface area contributed by atoms with Gasteiger partial charge in [-0.05, 0) is 82.1 Å². The predicted octanol–water partition coefficient (Wildman–Crippen LogP) is 5.90. The van der Waals surface area contributed by atoms with Gasteiger partial charge in [0.25, 0.3) is 0 Å². The molecule has 0 aliphatic heterocycles. The molecule has 0 aliphatic rings. The third-order valence-corrected chi connectivity index (χ3v) is 5.12. The Morgan fingerprint density at radius 2 is 1.26 bits per heavy atom. The molecule has 0 fully saturated rings. The molecule has 0 bridgehead atoms. The lowest BCUT2D eigenvalue weighted by atomic mass is 10.1. The maximum atomic E-state index is 4.63. The van der Waals surface area contributed by atoms with Gasteiger partial charge in [-0.1, -0.05) is 23.3 Å². The molecule has 31 heavy (non-hydrogen) atoms. The third-order valence-electron chi connectivity index (χ3n) is 5.12. The van der Waals surface area contributed by atoms with Crippen molar-refractivity contribution in [2.45, 2.75) is 34.6 Å². The van der Waals surface area contributed by atoms with Crippen molar-refractivity contribution in [1.29, 1.82) is 0 Å². The number of hydrazone groups is 2. The monoisotopic (exact) mass is 410 g/mol. The molecule has 0 unspecified atom stereocenters. The van der Waals surface area contributed by atoms with Crippen LogP contribution >= 0.6 is 0 Å². The van der Waals surface area contributed by atoms with E-state index in [-0.39, 0.29) is 0 Å². The number of hydrogen-bond acceptors (Lipinski definition) is 6. The molecule has 2 aromatic carbocycles. The summed E-state index contributed by atoms with van der Waals surface area (Å²) in [4.78, 5) is 9.26. The van der Waals surface area contributed by atoms with Gasteiger partial charge in [0.2, 0.25) is 0 Å². The lowest BCUT2D eigenvalue weighted by Gasteiger charge is -2.07. The summed E-state index contributed by atoms with van der Waals surface area (Å²) in [7, 11) is 0. The molecule has 0 saturated heterocycles. The van der Waals surface area contributed by atoms with Gasteiger partial charge in [0.05, 0.1) is 23.0 Å². The Morgan fingerprint density at radius 1 is 0.742 bits per heavy atom. The fraction of sp³-hybridized carbons (Fsp3) is 0.200. The Hall–Kier alpha value is -3.80. The second-order valence-corrected chi connectivity index (χ2v) is 7.92. The van der Waals surface area contributed by atoms with Crippen molar-refractivity contribution in [3.8, 4) is 0 Å². The summed E-state index contributed by atoms with van der Waals surface area (Å²) in [5, 5.41) is 10.9. The van der Waals surface area contributed by atoms with E-state index in [0.717, 1.165) is 32.9 Å². The molecule has 6 nitrogen and oxygen atoms in total. The van der Waals surface area contributed by atoms with Crippen molar-refractivity contribution >= 4 is 45.4 Å². The lowest BCUT2D eigenvalue weighted by molar-refractivity contribution is 1.24. The number of rotatable bonds is 5. The molecule has 4 rings (SSSR count). The quantitative estimate of drug-likeness (QED) is 0.317. The molecule has 2 heterocycles. The van der Waals surface area contributed by atoms with E-state index in [1.165, 1.54) is 11.1 Å². The first kappa shape index (κ1) is 20.5. The molecule has 0 amide bonds. The first-order valence-electron chi connectivity index (χ1n) is 10.2. The van der Waals surface area contributed by atoms with Crippen molar-refractivity contribution in [3.05, 3.63) is 70.8 Å². The number of pyridine rings is 2. The van der Waals surface area contributed by atoms with Crippen LogP contribution in [0.25, 0.3) is 21.8 Å². The van der Waals surface area contributed by atoms with Crippen LogP contribution in [0.2, 0.25) is 0 Å². The SMILES string of the molecule is CC(/C=N/Nc1cc(C)c2cc(C)ccc2n1)=N\Nc1cc(C)c2cc(C)ccc2n1. The summed E-state index contributed by atoms with van der Waals surface area (Å²) in [5.41, 5.74) is 13.4. The summed E-state index contributed by atoms with van der Waals surface area (Å²) in [6.07, 6.45) is 1.65. The molecule has 0 saturated carbocycles. The Kier molecular flexibility index (Phi) is 5.62. The Bertz CT molecular complexity index is 1340. The highest BCUT2D eigenvalue weighted by molar-refractivity contribution is 6.29. The van der Waals surface area contributed by atoms with Gasteiger partial charge in [0.1, 0.15) is 11.6 Å². The van der Waals surface area contributed by atoms with E-state index in [9.17, 15) is 0 Å². The van der Waals surface area contributed by atoms with Crippen LogP contribution in [-0.2, 0) is 0 Å². The average Bonchev–Trinajstić information content (AvgIpc) is 2.73. The van der Waals surface area contributed by atoms with Crippen LogP contribution in [0.3, 0.4) is 0 Å². The van der Waals surface area contributed by atoms with Gasteiger partial charge in [-0.3, -0.25) is 10.9 Å². The molecule has 0 spiro atoms. The first-order chi connectivity index (χ1) is 14.9. The topological polar surface area (TPSA) is 74.6 Å². The normalized spacial score (nSPS) is 12.1. The van der Waals surface area contributed by atoms with Crippen molar-refractivity contribution in [3.63, 3.8) is 0 Å². The second-order valence-electron chi connectivity index (χ2n) is 7.92. The van der Waals surface area contributed by atoms with Crippen LogP contribution in [0.4, 0.5) is 11.6 Å². The van der Waals surface area contributed by atoms with Crippen LogP contribution in [-0.4, -0.2) is 21.9 Å². The predicted molar refractivity (Wildman–Crippen MR) is 131 cm³/mol. The number of benzene rings is 2. The number of aryl methyl sites for hydroxylation is 4. The number of fused-ring (bicyclic) bond motifs is 2. The maximum Gasteiger partial charge on any atom is 0.147 e. The molecular weight excluding hydrogens is 384 g/mol. The van der Waals surface area contributed by atoms with E-state index in [1.807, 2.05) is 31.2 Å². The zero-order valence-corrected chi connectivity index (χ0v) is 18.5. The lowest BCUT2D eigenvalue weighted by Crippen LogP contribution is -2.03. The third kappa shape index (κ3) is 4.69. The van der Waals surface area contributed by atoms with E-state index >= 15 is 0 Å². The second kappa shape index (κ2) is 8.52. The number of anilines is 2. The van der Waals surface area contributed by atoms with Crippen LogP contribution in [0, 0.1) is 27.7 Å². The van der Waals surface area contributed by atoms with Gasteiger partial charge in [-0.15, -0.1) is 0 Å². The first-order valence-corrected chi connectivity index (χ1v) is 10.2. The molecule has 6 heteroatoms. The number of nitrogens with zero attached hydrogens (tertiary/aromatic N) is 4. The van der Waals surface area contributed by atoms with Crippen molar-refractivity contribution in [1.82, 2.24) is 9.97 Å². The van der Waals surface area contributed by atoms with Gasteiger partial charge in [-0.2, -0.15) is 10.2 Å². The van der Waals surface area contributed by atoms with E-state index < -0.39 is 0 Å². The Balaban J connectivity index is 1.45. The van der Waals surface area contributed by atoms with Crippen LogP contribution in [0.5, 0.6) is 0 Å². The zero-order chi connectivity index (χ0) is 22.0. The molecule has 4 aromatic rings. The maximum absolute atomic E-state index is 4.63. The molecule has 156 valence electrons. The van der Waals surface area contributed by atoms with Crippen LogP contribution in [0.1, 0.15) is 29.2 Å². The number of aromatic nitrogens is 2. The molecule has 0 atom stereocenters. The number of nitrogens with one attached hydrogen (secondary N) is 2. The molecule has 2 aromatic heterocycles. The molecular formula is C25H26N6. The minimum atomic E-state index is 0.702. The Morgan fingerprint density at radius 3 is 1.81 bits per heavy atom. The number of hydrogen-bond donors (Lipinski definition) is 2. The van der Waals surface area contributed by atoms with E-state index in [0.29, 0.717) is 17.3 Å². The minimum absolute atomic E-state index is 0.702. The fourth-order valence-corrected chi connectivity index (χ4v) is 3.50. The van der Waals surface area contributed by atoms with Crippen LogP contribution < -0.4 is 10.9 Å². The summed E-state index contributed by atoms with van der Waals surface area (Å²) in [5.74, 6) is 1.41. The summed E-state index contributed by atoms with van der Waals surface area (Å²) in [6.45, 7) is 10.2. The highest BCUT2D eigenvalue weighted by Gasteiger charge is 2.04. The largest absolute Gasteiger partial charge is 0.261 e. The van der Waals surface area contributed by atoms with E-state index in [4.69, 9.17) is 0 Å². The van der Waals surface area contributed by atoms with Gasteiger partial charge >= 0.3 is 0 Å². The van der Waals surface area contributed by atoms with Gasteiger partial charge in [0.15, 0.2) is 0 Å². The van der Waals surface area contributed by atoms with Crippen molar-refractivity contribution in [2.24, 2.45) is 10.2 Å². The van der Waals surface area contributed by atoms with E-state index in [2.05, 4.69) is 83.0 Å². The highest BCUT2D eigenvalue weighted by Crippen LogP contribution is 2.22. The average molecular weight is 411 g/mol. The van der Waals surface area contributed by atoms with Gasteiger partial charge in [-0.25, -0.2) is 9.97 Å². The van der Waals surface area contributed by atoms with E-state index in [1.54, 1.807) is 6.21 Å². The molecule has 2 N–H and O–H groups in total. The smallest absolute Gasteiger partial charge is 0.147 e. The summed E-state index contributed by atoms with van der Waals surface area (Å²) < 4.78 is 0. The van der Waals surface area contributed by atoms with Gasteiger partial charge in [0, 0.05) is 10.8 Å².